The molecule has 0 atom stereocenters. The highest BCUT2D eigenvalue weighted by molar-refractivity contribution is 9.10. The van der Waals surface area contributed by atoms with E-state index in [4.69, 9.17) is 14.1 Å². The number of hydrogen-bond acceptors (Lipinski definition) is 6. The molecule has 0 unspecified atom stereocenters. The number of halogens is 1. The molecule has 0 saturated carbocycles. The Labute approximate surface area is 236 Å². The average molecular weight is 592 g/mol. The Bertz CT molecular complexity index is 1500. The second-order valence-electron chi connectivity index (χ2n) is 10.5. The summed E-state index contributed by atoms with van der Waals surface area (Å²) in [6.07, 6.45) is -0.269. The van der Waals surface area contributed by atoms with Gasteiger partial charge in [-0.05, 0) is 67.0 Å². The van der Waals surface area contributed by atoms with Gasteiger partial charge in [0.15, 0.2) is 5.58 Å². The number of anilines is 1. The predicted octanol–water partition coefficient (Wildman–Crippen LogP) is 6.56. The molecule has 4 aromatic rings. The number of rotatable bonds is 5. The number of para-hydroxylation sites is 2. The van der Waals surface area contributed by atoms with Crippen molar-refractivity contribution in [3.8, 4) is 11.5 Å². The van der Waals surface area contributed by atoms with Crippen molar-refractivity contribution in [2.24, 2.45) is 0 Å². The maximum atomic E-state index is 13.0. The predicted molar refractivity (Wildman–Crippen MR) is 155 cm³/mol. The van der Waals surface area contributed by atoms with Crippen molar-refractivity contribution < 1.29 is 18.7 Å². The number of ether oxygens (including phenoxy) is 1. The van der Waals surface area contributed by atoms with Gasteiger partial charge in [0, 0.05) is 42.8 Å². The molecule has 1 aromatic heterocycles. The minimum absolute atomic E-state index is 0.225. The maximum Gasteiger partial charge on any atom is 0.410 e. The van der Waals surface area contributed by atoms with Gasteiger partial charge in [0.25, 0.3) is 5.91 Å². The lowest BCUT2D eigenvalue weighted by Gasteiger charge is -2.35. The highest BCUT2D eigenvalue weighted by Crippen LogP contribution is 2.32. The van der Waals surface area contributed by atoms with Gasteiger partial charge in [0.1, 0.15) is 11.1 Å². The number of oxazole rings is 1. The number of carbonyl (C=O) groups is 2. The Balaban J connectivity index is 1.32. The third-order valence-electron chi connectivity index (χ3n) is 6.44. The van der Waals surface area contributed by atoms with Crippen molar-refractivity contribution in [1.82, 2.24) is 14.8 Å². The van der Waals surface area contributed by atoms with E-state index in [2.05, 4.69) is 26.1 Å². The normalized spacial score (nSPS) is 14.4. The molecule has 0 spiro atoms. The molecule has 8 nitrogen and oxygen atoms in total. The van der Waals surface area contributed by atoms with Gasteiger partial charge in [-0.2, -0.15) is 0 Å². The average Bonchev–Trinajstić information content (AvgIpc) is 3.34. The molecule has 202 valence electrons. The van der Waals surface area contributed by atoms with Crippen LogP contribution in [0.3, 0.4) is 0 Å². The molecular formula is C30H31BrN4O4. The summed E-state index contributed by atoms with van der Waals surface area (Å²) >= 11 is 3.45. The molecular weight excluding hydrogens is 560 g/mol. The standard InChI is InChI=1S/C30H31BrN4O4/c1-30(2,3)39-29(37)35-17-15-34(16-18-35)19-20-9-8-14-25-26(20)38-28(33-25)22-11-5-7-13-24(22)32-27(36)21-10-4-6-12-23(21)31/h4-14H,15-19H2,1-3H3,(H,32,36). The zero-order valence-corrected chi connectivity index (χ0v) is 23.8. The molecule has 1 aliphatic heterocycles. The largest absolute Gasteiger partial charge is 0.444 e. The SMILES string of the molecule is CC(C)(C)OC(=O)N1CCN(Cc2cccc3nc(-c4ccccc4NC(=O)c4ccccc4Br)oc23)CC1. The van der Waals surface area contributed by atoms with Crippen LogP contribution >= 0.6 is 15.9 Å². The van der Waals surface area contributed by atoms with Crippen LogP contribution in [0.15, 0.2) is 75.6 Å². The van der Waals surface area contributed by atoms with Crippen molar-refractivity contribution in [3.05, 3.63) is 82.3 Å². The molecule has 0 aliphatic carbocycles. The Kier molecular flexibility index (Phi) is 7.72. The van der Waals surface area contributed by atoms with Crippen LogP contribution in [0, 0.1) is 0 Å². The van der Waals surface area contributed by atoms with Crippen LogP contribution in [0.2, 0.25) is 0 Å². The van der Waals surface area contributed by atoms with Gasteiger partial charge in [0.05, 0.1) is 16.8 Å². The second-order valence-corrected chi connectivity index (χ2v) is 11.4. The second kappa shape index (κ2) is 11.2. The number of hydrogen-bond donors (Lipinski definition) is 1. The Hall–Kier alpha value is -3.69. The van der Waals surface area contributed by atoms with Crippen LogP contribution in [-0.4, -0.2) is 58.6 Å². The summed E-state index contributed by atoms with van der Waals surface area (Å²) in [5.41, 5.74) is 3.84. The summed E-state index contributed by atoms with van der Waals surface area (Å²) in [5.74, 6) is 0.215. The van der Waals surface area contributed by atoms with E-state index in [1.807, 2.05) is 81.4 Å². The summed E-state index contributed by atoms with van der Waals surface area (Å²) in [5, 5.41) is 3.00. The zero-order valence-electron chi connectivity index (χ0n) is 22.2. The first kappa shape index (κ1) is 26.9. The number of carbonyl (C=O) groups excluding carboxylic acids is 2. The number of nitrogens with zero attached hydrogens (tertiary/aromatic N) is 3. The molecule has 9 heteroatoms. The van der Waals surface area contributed by atoms with E-state index in [1.165, 1.54) is 0 Å². The Morgan fingerprint density at radius 2 is 1.69 bits per heavy atom. The number of aromatic nitrogens is 1. The molecule has 1 aliphatic rings. The smallest absolute Gasteiger partial charge is 0.410 e. The lowest BCUT2D eigenvalue weighted by atomic mass is 10.1. The van der Waals surface area contributed by atoms with Gasteiger partial charge in [-0.15, -0.1) is 0 Å². The van der Waals surface area contributed by atoms with E-state index in [0.29, 0.717) is 47.9 Å². The minimum Gasteiger partial charge on any atom is -0.444 e. The van der Waals surface area contributed by atoms with Crippen molar-refractivity contribution in [2.75, 3.05) is 31.5 Å². The van der Waals surface area contributed by atoms with Crippen LogP contribution in [0.5, 0.6) is 0 Å². The summed E-state index contributed by atoms with van der Waals surface area (Å²) < 4.78 is 12.5. The van der Waals surface area contributed by atoms with Crippen LogP contribution in [0.1, 0.15) is 36.7 Å². The van der Waals surface area contributed by atoms with Gasteiger partial charge < -0.3 is 19.4 Å². The number of nitrogens with one attached hydrogen (secondary N) is 1. The highest BCUT2D eigenvalue weighted by Gasteiger charge is 2.26. The number of piperazine rings is 1. The molecule has 5 rings (SSSR count). The summed E-state index contributed by atoms with van der Waals surface area (Å²) in [6, 6.07) is 20.7. The fourth-order valence-electron chi connectivity index (χ4n) is 4.52. The summed E-state index contributed by atoms with van der Waals surface area (Å²) in [4.78, 5) is 34.2. The van der Waals surface area contributed by atoms with Gasteiger partial charge in [-0.3, -0.25) is 9.69 Å². The third kappa shape index (κ3) is 6.32. The minimum atomic E-state index is -0.506. The maximum absolute atomic E-state index is 13.0. The van der Waals surface area contributed by atoms with E-state index in [-0.39, 0.29) is 12.0 Å². The molecule has 2 amide bonds. The van der Waals surface area contributed by atoms with Gasteiger partial charge >= 0.3 is 6.09 Å². The zero-order chi connectivity index (χ0) is 27.6. The van der Waals surface area contributed by atoms with Crippen LogP contribution in [-0.2, 0) is 11.3 Å². The number of benzene rings is 3. The molecule has 0 radical (unpaired) electrons. The van der Waals surface area contributed by atoms with Gasteiger partial charge in [0.2, 0.25) is 5.89 Å². The first-order chi connectivity index (χ1) is 18.7. The van der Waals surface area contributed by atoms with Gasteiger partial charge in [-0.25, -0.2) is 9.78 Å². The van der Waals surface area contributed by atoms with Crippen LogP contribution < -0.4 is 5.32 Å². The fourth-order valence-corrected chi connectivity index (χ4v) is 4.98. The van der Waals surface area contributed by atoms with Crippen LogP contribution in [0.4, 0.5) is 10.5 Å². The molecule has 3 aromatic carbocycles. The van der Waals surface area contributed by atoms with E-state index >= 15 is 0 Å². The number of amides is 2. The molecule has 1 N–H and O–H groups in total. The van der Waals surface area contributed by atoms with Gasteiger partial charge in [-0.1, -0.05) is 36.4 Å². The molecule has 1 fully saturated rings. The van der Waals surface area contributed by atoms with E-state index < -0.39 is 5.60 Å². The molecule has 1 saturated heterocycles. The molecule has 0 bridgehead atoms. The topological polar surface area (TPSA) is 87.9 Å². The lowest BCUT2D eigenvalue weighted by Crippen LogP contribution is -2.49. The fraction of sp³-hybridized carbons (Fsp3) is 0.300. The van der Waals surface area contributed by atoms with E-state index in [9.17, 15) is 9.59 Å². The molecule has 39 heavy (non-hydrogen) atoms. The summed E-state index contributed by atoms with van der Waals surface area (Å²) in [6.45, 7) is 9.00. The monoisotopic (exact) mass is 590 g/mol. The quantitative estimate of drug-likeness (QED) is 0.283. The highest BCUT2D eigenvalue weighted by atomic mass is 79.9. The Morgan fingerprint density at radius 3 is 2.44 bits per heavy atom. The first-order valence-corrected chi connectivity index (χ1v) is 13.7. The van der Waals surface area contributed by atoms with Crippen LogP contribution in [0.25, 0.3) is 22.6 Å². The Morgan fingerprint density at radius 1 is 0.974 bits per heavy atom. The van der Waals surface area contributed by atoms with E-state index in [0.717, 1.165) is 28.6 Å². The van der Waals surface area contributed by atoms with E-state index in [1.54, 1.807) is 11.0 Å². The summed E-state index contributed by atoms with van der Waals surface area (Å²) in [7, 11) is 0. The van der Waals surface area contributed by atoms with Crippen molar-refractivity contribution >= 4 is 44.7 Å². The van der Waals surface area contributed by atoms with Crippen molar-refractivity contribution in [2.45, 2.75) is 32.9 Å². The molecule has 2 heterocycles. The third-order valence-corrected chi connectivity index (χ3v) is 7.13. The van der Waals surface area contributed by atoms with Crippen molar-refractivity contribution in [1.29, 1.82) is 0 Å². The lowest BCUT2D eigenvalue weighted by molar-refractivity contribution is 0.0139. The van der Waals surface area contributed by atoms with Crippen molar-refractivity contribution in [3.63, 3.8) is 0 Å². The number of fused-ring (bicyclic) bond motifs is 1. The first-order valence-electron chi connectivity index (χ1n) is 12.9.